The van der Waals surface area contributed by atoms with E-state index in [2.05, 4.69) is 13.2 Å². The number of ether oxygens (including phenoxy) is 7. The van der Waals surface area contributed by atoms with Crippen molar-refractivity contribution in [3.8, 4) is 23.0 Å². The highest BCUT2D eigenvalue weighted by Crippen LogP contribution is 2.20. The van der Waals surface area contributed by atoms with Crippen LogP contribution in [0.2, 0.25) is 0 Å². The first kappa shape index (κ1) is 49.0. The first-order chi connectivity index (χ1) is 30.7. The SMILES string of the molecule is C=CC(=O)OCCCCCCCCOc1ccc(C(=O)Oc2ccc(CCOC(=O)c3ccc(OC(=O)c4ccc(OCCCCCCCCOC(=O)C=C)cc4)cc3)cc2)cc1. The Morgan fingerprint density at radius 2 is 0.698 bits per heavy atom. The smallest absolute Gasteiger partial charge is 0.343 e. The van der Waals surface area contributed by atoms with E-state index in [0.29, 0.717) is 66.8 Å². The fraction of sp³-hybridized carbons (Fsp3) is 0.353. The quantitative estimate of drug-likeness (QED) is 0.0161. The molecule has 12 heteroatoms. The van der Waals surface area contributed by atoms with Crippen LogP contribution in [0.4, 0.5) is 0 Å². The number of benzene rings is 4. The van der Waals surface area contributed by atoms with Crippen molar-refractivity contribution in [2.24, 2.45) is 0 Å². The van der Waals surface area contributed by atoms with Crippen LogP contribution in [-0.2, 0) is 30.2 Å². The summed E-state index contributed by atoms with van der Waals surface area (Å²) in [7, 11) is 0. The van der Waals surface area contributed by atoms with E-state index in [0.717, 1.165) is 82.6 Å². The predicted octanol–water partition coefficient (Wildman–Crippen LogP) is 10.4. The second-order valence-electron chi connectivity index (χ2n) is 14.6. The van der Waals surface area contributed by atoms with Gasteiger partial charge >= 0.3 is 29.8 Å². The Hall–Kier alpha value is -6.69. The van der Waals surface area contributed by atoms with Gasteiger partial charge in [-0.2, -0.15) is 0 Å². The van der Waals surface area contributed by atoms with Gasteiger partial charge in [-0.1, -0.05) is 76.7 Å². The zero-order valence-corrected chi connectivity index (χ0v) is 35.9. The molecule has 0 heterocycles. The third-order valence-electron chi connectivity index (χ3n) is 9.68. The molecule has 0 fully saturated rings. The van der Waals surface area contributed by atoms with Crippen LogP contribution < -0.4 is 18.9 Å². The molecule has 334 valence electrons. The van der Waals surface area contributed by atoms with Gasteiger partial charge in [-0.05, 0) is 116 Å². The van der Waals surface area contributed by atoms with E-state index in [-0.39, 0.29) is 24.3 Å². The fourth-order valence-corrected chi connectivity index (χ4v) is 6.10. The highest BCUT2D eigenvalue weighted by atomic mass is 16.5. The molecule has 4 aromatic carbocycles. The summed E-state index contributed by atoms with van der Waals surface area (Å²) in [5, 5.41) is 0. The third-order valence-corrected chi connectivity index (χ3v) is 9.68. The Kier molecular flexibility index (Phi) is 22.4. The lowest BCUT2D eigenvalue weighted by Gasteiger charge is -2.09. The molecular formula is C51H58O12. The number of rotatable bonds is 30. The third kappa shape index (κ3) is 19.7. The second kappa shape index (κ2) is 28.8. The molecule has 4 aromatic rings. The molecule has 0 N–H and O–H groups in total. The molecule has 4 rings (SSSR count). The van der Waals surface area contributed by atoms with E-state index in [9.17, 15) is 24.0 Å². The average molecular weight is 863 g/mol. The number of carbonyl (C=O) groups excluding carboxylic acids is 5. The Bertz CT molecular complexity index is 2020. The number of hydrogen-bond donors (Lipinski definition) is 0. The Morgan fingerprint density at radius 3 is 1.10 bits per heavy atom. The molecule has 0 aliphatic carbocycles. The van der Waals surface area contributed by atoms with Gasteiger partial charge in [0.1, 0.15) is 23.0 Å². The topological polar surface area (TPSA) is 150 Å². The largest absolute Gasteiger partial charge is 0.494 e. The second-order valence-corrected chi connectivity index (χ2v) is 14.6. The van der Waals surface area contributed by atoms with E-state index in [4.69, 9.17) is 33.2 Å². The minimum absolute atomic E-state index is 0.136. The van der Waals surface area contributed by atoms with Crippen LogP contribution in [0.3, 0.4) is 0 Å². The van der Waals surface area contributed by atoms with Gasteiger partial charge in [0, 0.05) is 18.6 Å². The molecule has 12 nitrogen and oxygen atoms in total. The van der Waals surface area contributed by atoms with Gasteiger partial charge in [-0.3, -0.25) is 0 Å². The number of hydrogen-bond acceptors (Lipinski definition) is 12. The molecule has 0 atom stereocenters. The number of unbranched alkanes of at least 4 members (excludes halogenated alkanes) is 10. The summed E-state index contributed by atoms with van der Waals surface area (Å²) in [6.45, 7) is 8.89. The van der Waals surface area contributed by atoms with E-state index >= 15 is 0 Å². The fourth-order valence-electron chi connectivity index (χ4n) is 6.10. The molecule has 0 spiro atoms. The van der Waals surface area contributed by atoms with Crippen molar-refractivity contribution < 1.29 is 57.1 Å². The monoisotopic (exact) mass is 862 g/mol. The van der Waals surface area contributed by atoms with Gasteiger partial charge < -0.3 is 33.2 Å². The van der Waals surface area contributed by atoms with Crippen molar-refractivity contribution >= 4 is 29.8 Å². The van der Waals surface area contributed by atoms with E-state index in [1.807, 2.05) is 0 Å². The van der Waals surface area contributed by atoms with Crippen LogP contribution in [-0.4, -0.2) is 62.9 Å². The summed E-state index contributed by atoms with van der Waals surface area (Å²) in [6.07, 6.45) is 14.7. The van der Waals surface area contributed by atoms with Crippen LogP contribution >= 0.6 is 0 Å². The van der Waals surface area contributed by atoms with Crippen molar-refractivity contribution in [3.05, 3.63) is 145 Å². The summed E-state index contributed by atoms with van der Waals surface area (Å²) in [4.78, 5) is 60.2. The maximum Gasteiger partial charge on any atom is 0.343 e. The number of carbonyl (C=O) groups is 5. The molecule has 0 radical (unpaired) electrons. The lowest BCUT2D eigenvalue weighted by atomic mass is 10.1. The van der Waals surface area contributed by atoms with E-state index < -0.39 is 17.9 Å². The van der Waals surface area contributed by atoms with Gasteiger partial charge in [0.05, 0.1) is 49.7 Å². The Balaban J connectivity index is 1.05. The molecule has 0 amide bonds. The maximum absolute atomic E-state index is 12.7. The summed E-state index contributed by atoms with van der Waals surface area (Å²) >= 11 is 0. The van der Waals surface area contributed by atoms with Crippen LogP contribution in [0.5, 0.6) is 23.0 Å². The highest BCUT2D eigenvalue weighted by Gasteiger charge is 2.13. The minimum Gasteiger partial charge on any atom is -0.494 e. The zero-order valence-electron chi connectivity index (χ0n) is 35.9. The van der Waals surface area contributed by atoms with Crippen molar-refractivity contribution in [3.63, 3.8) is 0 Å². The molecule has 0 bridgehead atoms. The van der Waals surface area contributed by atoms with Crippen LogP contribution in [0.1, 0.15) is 114 Å². The summed E-state index contributed by atoms with van der Waals surface area (Å²) in [6, 6.07) is 26.7. The number of esters is 5. The highest BCUT2D eigenvalue weighted by molar-refractivity contribution is 5.92. The van der Waals surface area contributed by atoms with Crippen LogP contribution in [0.15, 0.2) is 122 Å². The Labute approximate surface area is 370 Å². The van der Waals surface area contributed by atoms with Gasteiger partial charge in [-0.25, -0.2) is 24.0 Å². The van der Waals surface area contributed by atoms with Crippen molar-refractivity contribution in [1.82, 2.24) is 0 Å². The summed E-state index contributed by atoms with van der Waals surface area (Å²) in [5.41, 5.74) is 1.97. The minimum atomic E-state index is -0.536. The zero-order chi connectivity index (χ0) is 44.9. The van der Waals surface area contributed by atoms with Crippen LogP contribution in [0.25, 0.3) is 0 Å². The predicted molar refractivity (Wildman–Crippen MR) is 238 cm³/mol. The maximum atomic E-state index is 12.7. The van der Waals surface area contributed by atoms with Gasteiger partial charge in [0.15, 0.2) is 0 Å². The first-order valence-corrected chi connectivity index (χ1v) is 21.6. The van der Waals surface area contributed by atoms with E-state index in [1.54, 1.807) is 72.8 Å². The van der Waals surface area contributed by atoms with Crippen LogP contribution in [0, 0.1) is 0 Å². The van der Waals surface area contributed by atoms with Gasteiger partial charge in [0.25, 0.3) is 0 Å². The molecule has 0 aliphatic rings. The molecule has 0 saturated carbocycles. The van der Waals surface area contributed by atoms with Gasteiger partial charge in [0.2, 0.25) is 0 Å². The van der Waals surface area contributed by atoms with Crippen molar-refractivity contribution in [1.29, 1.82) is 0 Å². The summed E-state index contributed by atoms with van der Waals surface area (Å²) < 4.78 is 38.0. The normalized spacial score (nSPS) is 10.5. The molecule has 63 heavy (non-hydrogen) atoms. The molecule has 0 aliphatic heterocycles. The van der Waals surface area contributed by atoms with Gasteiger partial charge in [-0.15, -0.1) is 0 Å². The molecular weight excluding hydrogens is 805 g/mol. The molecule has 0 saturated heterocycles. The first-order valence-electron chi connectivity index (χ1n) is 21.6. The molecule has 0 unspecified atom stereocenters. The standard InChI is InChI=1S/C51H58O12/c1-3-47(52)59-36-15-11-7-5-9-13-34-57-43-27-19-41(20-28-43)50(55)62-45-25-17-39(18-26-45)33-38-61-49(54)40-23-31-46(32-24-40)63-51(56)42-21-29-44(30-22-42)58-35-14-10-6-8-12-16-37-60-48(53)4-2/h3-4,17-32H,1-2,5-16,33-38H2. The lowest BCUT2D eigenvalue weighted by molar-refractivity contribution is -0.138. The lowest BCUT2D eigenvalue weighted by Crippen LogP contribution is -2.10. The average Bonchev–Trinajstić information content (AvgIpc) is 3.31. The van der Waals surface area contributed by atoms with Crippen molar-refractivity contribution in [2.75, 3.05) is 33.0 Å². The van der Waals surface area contributed by atoms with Crippen molar-refractivity contribution in [2.45, 2.75) is 83.5 Å². The van der Waals surface area contributed by atoms with E-state index in [1.165, 1.54) is 36.4 Å². The summed E-state index contributed by atoms with van der Waals surface area (Å²) in [5.74, 6) is -0.285. The molecule has 0 aromatic heterocycles. The Morgan fingerprint density at radius 1 is 0.365 bits per heavy atom.